The number of hydrogen-bond acceptors (Lipinski definition) is 6. The molecule has 3 heterocycles. The molecule has 1 aliphatic heterocycles. The van der Waals surface area contributed by atoms with Crippen LogP contribution in [0.5, 0.6) is 0 Å². The van der Waals surface area contributed by atoms with Gasteiger partial charge in [-0.3, -0.25) is 4.90 Å². The van der Waals surface area contributed by atoms with Gasteiger partial charge in [-0.25, -0.2) is 9.97 Å². The van der Waals surface area contributed by atoms with Gasteiger partial charge >= 0.3 is 0 Å². The monoisotopic (exact) mass is 278 g/mol. The van der Waals surface area contributed by atoms with Gasteiger partial charge in [0.2, 0.25) is 0 Å². The molecule has 0 aromatic carbocycles. The molecule has 0 saturated carbocycles. The van der Waals surface area contributed by atoms with Crippen LogP contribution in [0.2, 0.25) is 0 Å². The van der Waals surface area contributed by atoms with Crippen LogP contribution >= 0.6 is 11.3 Å². The van der Waals surface area contributed by atoms with Crippen molar-refractivity contribution in [1.82, 2.24) is 14.9 Å². The van der Waals surface area contributed by atoms with E-state index < -0.39 is 0 Å². The summed E-state index contributed by atoms with van der Waals surface area (Å²) in [5, 5.41) is 2.96. The first-order chi connectivity index (χ1) is 9.22. The van der Waals surface area contributed by atoms with Gasteiger partial charge in [0.15, 0.2) is 0 Å². The molecule has 6 heteroatoms. The summed E-state index contributed by atoms with van der Waals surface area (Å²) in [6, 6.07) is 1.97. The van der Waals surface area contributed by atoms with E-state index in [0.717, 1.165) is 48.7 Å². The van der Waals surface area contributed by atoms with Crippen LogP contribution in [0.1, 0.15) is 19.2 Å². The lowest BCUT2D eigenvalue weighted by Gasteiger charge is -2.20. The number of nitrogens with zero attached hydrogens (tertiary/aromatic N) is 3. The fraction of sp³-hybridized carbons (Fsp3) is 0.538. The molecule has 1 atom stereocenters. The van der Waals surface area contributed by atoms with E-state index in [9.17, 15) is 0 Å². The van der Waals surface area contributed by atoms with Crippen LogP contribution in [0.4, 0.5) is 5.82 Å². The zero-order chi connectivity index (χ0) is 13.2. The Morgan fingerprint density at radius 1 is 1.53 bits per heavy atom. The highest BCUT2D eigenvalue weighted by Crippen LogP contribution is 2.23. The van der Waals surface area contributed by atoms with Gasteiger partial charge in [0, 0.05) is 19.7 Å². The number of anilines is 1. The molecule has 1 unspecified atom stereocenters. The number of thiophene rings is 1. The molecule has 0 spiro atoms. The lowest BCUT2D eigenvalue weighted by Crippen LogP contribution is -2.30. The van der Waals surface area contributed by atoms with Crippen LogP contribution in [-0.4, -0.2) is 40.7 Å². The van der Waals surface area contributed by atoms with Crippen LogP contribution in [0, 0.1) is 0 Å². The van der Waals surface area contributed by atoms with E-state index >= 15 is 0 Å². The second-order valence-corrected chi connectivity index (χ2v) is 5.83. The molecule has 3 rings (SSSR count). The zero-order valence-corrected chi connectivity index (χ0v) is 11.8. The molecule has 2 N–H and O–H groups in total. The zero-order valence-electron chi connectivity index (χ0n) is 11.0. The SMILES string of the molecule is CC1CN(Cc2nc(N)c3ccsc3n2)CCCO1. The van der Waals surface area contributed by atoms with Crippen LogP contribution < -0.4 is 5.73 Å². The molecular weight excluding hydrogens is 260 g/mol. The Labute approximate surface area is 116 Å². The van der Waals surface area contributed by atoms with Crippen molar-refractivity contribution in [1.29, 1.82) is 0 Å². The summed E-state index contributed by atoms with van der Waals surface area (Å²) in [6.07, 6.45) is 1.33. The Morgan fingerprint density at radius 2 is 2.42 bits per heavy atom. The van der Waals surface area contributed by atoms with Gasteiger partial charge in [0.25, 0.3) is 0 Å². The van der Waals surface area contributed by atoms with Crippen LogP contribution in [0.3, 0.4) is 0 Å². The van der Waals surface area contributed by atoms with Gasteiger partial charge in [-0.2, -0.15) is 0 Å². The normalized spacial score (nSPS) is 21.6. The lowest BCUT2D eigenvalue weighted by molar-refractivity contribution is 0.0665. The van der Waals surface area contributed by atoms with Gasteiger partial charge in [-0.05, 0) is 24.8 Å². The first-order valence-corrected chi connectivity index (χ1v) is 7.44. The van der Waals surface area contributed by atoms with Gasteiger partial charge in [-0.15, -0.1) is 11.3 Å². The van der Waals surface area contributed by atoms with Gasteiger partial charge in [0.05, 0.1) is 18.0 Å². The van der Waals surface area contributed by atoms with Gasteiger partial charge < -0.3 is 10.5 Å². The van der Waals surface area contributed by atoms with Crippen LogP contribution in [0.15, 0.2) is 11.4 Å². The van der Waals surface area contributed by atoms with Gasteiger partial charge in [-0.1, -0.05) is 0 Å². The minimum absolute atomic E-state index is 0.269. The number of ether oxygens (including phenoxy) is 1. The molecule has 1 aliphatic rings. The van der Waals surface area contributed by atoms with E-state index in [-0.39, 0.29) is 6.10 Å². The number of aromatic nitrogens is 2. The fourth-order valence-corrected chi connectivity index (χ4v) is 3.21. The summed E-state index contributed by atoms with van der Waals surface area (Å²) in [6.45, 7) is 5.63. The molecule has 2 aromatic rings. The minimum Gasteiger partial charge on any atom is -0.383 e. The Balaban J connectivity index is 1.80. The molecule has 19 heavy (non-hydrogen) atoms. The quantitative estimate of drug-likeness (QED) is 0.908. The van der Waals surface area contributed by atoms with Crippen molar-refractivity contribution in [3.63, 3.8) is 0 Å². The molecule has 1 fully saturated rings. The number of rotatable bonds is 2. The Morgan fingerprint density at radius 3 is 3.32 bits per heavy atom. The molecule has 102 valence electrons. The molecule has 0 amide bonds. The maximum absolute atomic E-state index is 5.98. The van der Waals surface area contributed by atoms with Crippen molar-refractivity contribution in [3.8, 4) is 0 Å². The summed E-state index contributed by atoms with van der Waals surface area (Å²) < 4.78 is 5.65. The minimum atomic E-state index is 0.269. The van der Waals surface area contributed by atoms with Crippen molar-refractivity contribution in [3.05, 3.63) is 17.3 Å². The van der Waals surface area contributed by atoms with Crippen molar-refractivity contribution in [2.24, 2.45) is 0 Å². The van der Waals surface area contributed by atoms with Crippen LogP contribution in [-0.2, 0) is 11.3 Å². The molecule has 2 aromatic heterocycles. The van der Waals surface area contributed by atoms with E-state index in [4.69, 9.17) is 10.5 Å². The predicted molar refractivity (Wildman–Crippen MR) is 77.1 cm³/mol. The van der Waals surface area contributed by atoms with Gasteiger partial charge in [0.1, 0.15) is 16.5 Å². The molecule has 0 bridgehead atoms. The van der Waals surface area contributed by atoms with Crippen molar-refractivity contribution >= 4 is 27.4 Å². The van der Waals surface area contributed by atoms with E-state index in [0.29, 0.717) is 5.82 Å². The first-order valence-electron chi connectivity index (χ1n) is 6.56. The number of nitrogens with two attached hydrogens (primary N) is 1. The smallest absolute Gasteiger partial charge is 0.146 e. The highest BCUT2D eigenvalue weighted by Gasteiger charge is 2.17. The summed E-state index contributed by atoms with van der Waals surface area (Å²) in [4.78, 5) is 12.3. The molecule has 0 radical (unpaired) electrons. The third-order valence-corrected chi connectivity index (χ3v) is 4.11. The highest BCUT2D eigenvalue weighted by molar-refractivity contribution is 7.16. The van der Waals surface area contributed by atoms with E-state index in [1.807, 2.05) is 11.4 Å². The van der Waals surface area contributed by atoms with Crippen molar-refractivity contribution in [2.45, 2.75) is 26.0 Å². The number of hydrogen-bond donors (Lipinski definition) is 1. The summed E-state index contributed by atoms with van der Waals surface area (Å²) in [5.74, 6) is 1.39. The Bertz CT molecular complexity index is 571. The third-order valence-electron chi connectivity index (χ3n) is 3.30. The largest absolute Gasteiger partial charge is 0.383 e. The van der Waals surface area contributed by atoms with E-state index in [2.05, 4.69) is 21.8 Å². The number of fused-ring (bicyclic) bond motifs is 1. The van der Waals surface area contributed by atoms with E-state index in [1.54, 1.807) is 11.3 Å². The third kappa shape index (κ3) is 2.86. The average molecular weight is 278 g/mol. The van der Waals surface area contributed by atoms with Crippen molar-refractivity contribution < 1.29 is 4.74 Å². The number of nitrogen functional groups attached to an aromatic ring is 1. The second kappa shape index (κ2) is 5.40. The van der Waals surface area contributed by atoms with Crippen LogP contribution in [0.25, 0.3) is 10.2 Å². The predicted octanol–water partition coefficient (Wildman–Crippen LogP) is 1.88. The lowest BCUT2D eigenvalue weighted by atomic mass is 10.3. The second-order valence-electron chi connectivity index (χ2n) is 4.93. The Kier molecular flexibility index (Phi) is 3.63. The van der Waals surface area contributed by atoms with E-state index in [1.165, 1.54) is 0 Å². The molecular formula is C13H18N4OS. The summed E-state index contributed by atoms with van der Waals surface area (Å²) in [7, 11) is 0. The molecule has 5 nitrogen and oxygen atoms in total. The Hall–Kier alpha value is -1.24. The fourth-order valence-electron chi connectivity index (χ4n) is 2.42. The average Bonchev–Trinajstić information content (AvgIpc) is 2.74. The standard InChI is InChI=1S/C13H18N4OS/c1-9-7-17(4-2-5-18-9)8-11-15-12(14)10-3-6-19-13(10)16-11/h3,6,9H,2,4-5,7-8H2,1H3,(H2,14,15,16). The summed E-state index contributed by atoms with van der Waals surface area (Å²) >= 11 is 1.61. The summed E-state index contributed by atoms with van der Waals surface area (Å²) in [5.41, 5.74) is 5.98. The maximum Gasteiger partial charge on any atom is 0.146 e. The molecule has 0 aliphatic carbocycles. The first kappa shape index (κ1) is 12.8. The highest BCUT2D eigenvalue weighted by atomic mass is 32.1. The maximum atomic E-state index is 5.98. The van der Waals surface area contributed by atoms with Crippen molar-refractivity contribution in [2.75, 3.05) is 25.4 Å². The topological polar surface area (TPSA) is 64.3 Å². The molecule has 1 saturated heterocycles.